The molecule has 8 heteroatoms. The van der Waals surface area contributed by atoms with Crippen molar-refractivity contribution in [3.05, 3.63) is 59.8 Å². The zero-order valence-corrected chi connectivity index (χ0v) is 19.8. The summed E-state index contributed by atoms with van der Waals surface area (Å²) in [5.74, 6) is 1.39. The van der Waals surface area contributed by atoms with Gasteiger partial charge in [-0.15, -0.1) is 0 Å². The molecule has 0 bridgehead atoms. The number of para-hydroxylation sites is 2. The van der Waals surface area contributed by atoms with Gasteiger partial charge in [0, 0.05) is 32.7 Å². The Hall–Kier alpha value is -3.52. The van der Waals surface area contributed by atoms with Crippen molar-refractivity contribution in [1.82, 2.24) is 15.1 Å². The van der Waals surface area contributed by atoms with Crippen molar-refractivity contribution in [2.75, 3.05) is 57.9 Å². The molecule has 2 aromatic rings. The number of ether oxygens (including phenoxy) is 2. The Bertz CT molecular complexity index is 1030. The first-order chi connectivity index (χ1) is 16.6. The normalized spacial score (nSPS) is 17.9. The zero-order valence-electron chi connectivity index (χ0n) is 19.8. The number of carbonyl (C=O) groups is 2. The summed E-state index contributed by atoms with van der Waals surface area (Å²) in [6, 6.07) is 15.1. The van der Waals surface area contributed by atoms with E-state index in [-0.39, 0.29) is 11.9 Å². The molecule has 2 aliphatic rings. The Morgan fingerprint density at radius 1 is 0.971 bits per heavy atom. The molecule has 0 unspecified atom stereocenters. The van der Waals surface area contributed by atoms with Crippen LogP contribution in [-0.2, 0) is 4.79 Å². The summed E-state index contributed by atoms with van der Waals surface area (Å²) < 4.78 is 10.9. The Morgan fingerprint density at radius 3 is 2.41 bits per heavy atom. The molecular weight excluding hydrogens is 432 g/mol. The average molecular weight is 465 g/mol. The number of benzene rings is 2. The first-order valence-corrected chi connectivity index (χ1v) is 11.8. The van der Waals surface area contributed by atoms with Gasteiger partial charge in [-0.2, -0.15) is 0 Å². The highest BCUT2D eigenvalue weighted by molar-refractivity contribution is 6.13. The van der Waals surface area contributed by atoms with E-state index in [0.717, 1.165) is 61.9 Å². The minimum atomic E-state index is -0.359. The summed E-state index contributed by atoms with van der Waals surface area (Å²) in [6.07, 6.45) is 2.43. The van der Waals surface area contributed by atoms with Gasteiger partial charge in [0.2, 0.25) is 0 Å². The second kappa shape index (κ2) is 11.1. The van der Waals surface area contributed by atoms with Crippen LogP contribution in [0.4, 0.5) is 10.5 Å². The van der Waals surface area contributed by atoms with Gasteiger partial charge in [0.25, 0.3) is 5.91 Å². The van der Waals surface area contributed by atoms with Crippen LogP contribution in [0.15, 0.2) is 54.2 Å². The van der Waals surface area contributed by atoms with Gasteiger partial charge >= 0.3 is 6.03 Å². The summed E-state index contributed by atoms with van der Waals surface area (Å²) in [6.45, 7) is 7.60. The Labute approximate surface area is 200 Å². The molecule has 3 amide bonds. The highest BCUT2D eigenvalue weighted by atomic mass is 16.5. The molecule has 0 atom stereocenters. The number of amides is 3. The fourth-order valence-corrected chi connectivity index (χ4v) is 4.30. The van der Waals surface area contributed by atoms with Crippen LogP contribution in [0.1, 0.15) is 18.9 Å². The van der Waals surface area contributed by atoms with Crippen molar-refractivity contribution in [3.8, 4) is 11.5 Å². The van der Waals surface area contributed by atoms with E-state index in [0.29, 0.717) is 18.8 Å². The largest absolute Gasteiger partial charge is 0.497 e. The van der Waals surface area contributed by atoms with Crippen LogP contribution < -0.4 is 19.7 Å². The van der Waals surface area contributed by atoms with Crippen LogP contribution in [0.25, 0.3) is 6.08 Å². The maximum absolute atomic E-state index is 12.7. The van der Waals surface area contributed by atoms with E-state index in [1.807, 2.05) is 49.4 Å². The number of rotatable bonds is 9. The molecule has 180 valence electrons. The minimum Gasteiger partial charge on any atom is -0.497 e. The van der Waals surface area contributed by atoms with Crippen LogP contribution in [0.3, 0.4) is 0 Å². The standard InChI is InChI=1S/C26H32N4O4/c1-3-34-24-8-5-4-7-23(24)29-17-15-28(16-18-29)13-6-14-30-25(31)22(27-26(30)32)19-20-9-11-21(33-2)12-10-20/h4-5,7-12,19H,3,6,13-18H2,1-2H3,(H,27,32)/b22-19+. The summed E-state index contributed by atoms with van der Waals surface area (Å²) in [5, 5.41) is 2.69. The maximum Gasteiger partial charge on any atom is 0.329 e. The molecule has 2 saturated heterocycles. The second-order valence-corrected chi connectivity index (χ2v) is 8.30. The van der Waals surface area contributed by atoms with Crippen molar-refractivity contribution >= 4 is 23.7 Å². The number of hydrogen-bond donors (Lipinski definition) is 1. The lowest BCUT2D eigenvalue weighted by Gasteiger charge is -2.36. The lowest BCUT2D eigenvalue weighted by Crippen LogP contribution is -2.47. The first-order valence-electron chi connectivity index (χ1n) is 11.8. The van der Waals surface area contributed by atoms with Crippen molar-refractivity contribution in [2.24, 2.45) is 0 Å². The van der Waals surface area contributed by atoms with Crippen LogP contribution in [0, 0.1) is 0 Å². The number of piperazine rings is 1. The van der Waals surface area contributed by atoms with Gasteiger partial charge in [0.05, 0.1) is 19.4 Å². The van der Waals surface area contributed by atoms with Gasteiger partial charge in [0.1, 0.15) is 17.2 Å². The van der Waals surface area contributed by atoms with Crippen molar-refractivity contribution < 1.29 is 19.1 Å². The molecule has 0 spiro atoms. The molecule has 0 radical (unpaired) electrons. The predicted octanol–water partition coefficient (Wildman–Crippen LogP) is 3.20. The minimum absolute atomic E-state index is 0.279. The lowest BCUT2D eigenvalue weighted by atomic mass is 10.2. The van der Waals surface area contributed by atoms with Gasteiger partial charge in [-0.3, -0.25) is 14.6 Å². The van der Waals surface area contributed by atoms with Gasteiger partial charge in [-0.1, -0.05) is 24.3 Å². The fourth-order valence-electron chi connectivity index (χ4n) is 4.30. The van der Waals surface area contributed by atoms with E-state index < -0.39 is 0 Å². The van der Waals surface area contributed by atoms with Crippen LogP contribution in [0.2, 0.25) is 0 Å². The third kappa shape index (κ3) is 5.51. The van der Waals surface area contributed by atoms with Crippen LogP contribution in [-0.4, -0.2) is 74.7 Å². The number of urea groups is 1. The fraction of sp³-hybridized carbons (Fsp3) is 0.385. The smallest absolute Gasteiger partial charge is 0.329 e. The van der Waals surface area contributed by atoms with Crippen LogP contribution >= 0.6 is 0 Å². The van der Waals surface area contributed by atoms with E-state index in [1.165, 1.54) is 4.90 Å². The van der Waals surface area contributed by atoms with Crippen molar-refractivity contribution in [3.63, 3.8) is 0 Å². The zero-order chi connectivity index (χ0) is 23.9. The number of anilines is 1. The number of methoxy groups -OCH3 is 1. The molecule has 0 aliphatic carbocycles. The first kappa shape index (κ1) is 23.6. The second-order valence-electron chi connectivity index (χ2n) is 8.30. The van der Waals surface area contributed by atoms with E-state index in [4.69, 9.17) is 9.47 Å². The Morgan fingerprint density at radius 2 is 1.71 bits per heavy atom. The summed E-state index contributed by atoms with van der Waals surface area (Å²) in [4.78, 5) is 31.1. The van der Waals surface area contributed by atoms with Crippen molar-refractivity contribution in [1.29, 1.82) is 0 Å². The Balaban J connectivity index is 1.25. The average Bonchev–Trinajstić information content (AvgIpc) is 3.13. The third-order valence-corrected chi connectivity index (χ3v) is 6.12. The number of hydrogen-bond acceptors (Lipinski definition) is 6. The number of imide groups is 1. The molecule has 0 aromatic heterocycles. The SMILES string of the molecule is CCOc1ccccc1N1CCN(CCCN2C(=O)N/C(=C/c3ccc(OC)cc3)C2=O)CC1. The van der Waals surface area contributed by atoms with Crippen LogP contribution in [0.5, 0.6) is 11.5 Å². The molecule has 1 N–H and O–H groups in total. The van der Waals surface area contributed by atoms with Gasteiger partial charge in [0.15, 0.2) is 0 Å². The van der Waals surface area contributed by atoms with E-state index in [9.17, 15) is 9.59 Å². The number of carbonyl (C=O) groups excluding carboxylic acids is 2. The molecule has 34 heavy (non-hydrogen) atoms. The van der Waals surface area contributed by atoms with E-state index in [2.05, 4.69) is 21.2 Å². The maximum atomic E-state index is 12.7. The highest BCUT2D eigenvalue weighted by Crippen LogP contribution is 2.28. The number of nitrogens with zero attached hydrogens (tertiary/aromatic N) is 3. The predicted molar refractivity (Wildman–Crippen MR) is 132 cm³/mol. The summed E-state index contributed by atoms with van der Waals surface area (Å²) in [7, 11) is 1.60. The summed E-state index contributed by atoms with van der Waals surface area (Å²) >= 11 is 0. The molecule has 2 aliphatic heterocycles. The van der Waals surface area contributed by atoms with Gasteiger partial charge in [-0.25, -0.2) is 4.79 Å². The third-order valence-electron chi connectivity index (χ3n) is 6.12. The molecule has 8 nitrogen and oxygen atoms in total. The van der Waals surface area contributed by atoms with Gasteiger partial charge in [-0.05, 0) is 55.8 Å². The van der Waals surface area contributed by atoms with Crippen molar-refractivity contribution in [2.45, 2.75) is 13.3 Å². The van der Waals surface area contributed by atoms with E-state index in [1.54, 1.807) is 13.2 Å². The van der Waals surface area contributed by atoms with Gasteiger partial charge < -0.3 is 19.7 Å². The lowest BCUT2D eigenvalue weighted by molar-refractivity contribution is -0.122. The summed E-state index contributed by atoms with van der Waals surface area (Å²) in [5.41, 5.74) is 2.27. The number of nitrogens with one attached hydrogen (secondary N) is 1. The molecular formula is C26H32N4O4. The topological polar surface area (TPSA) is 74.3 Å². The monoisotopic (exact) mass is 464 g/mol. The quantitative estimate of drug-likeness (QED) is 0.454. The van der Waals surface area contributed by atoms with E-state index >= 15 is 0 Å². The Kier molecular flexibility index (Phi) is 7.69. The molecule has 2 aromatic carbocycles. The highest BCUT2D eigenvalue weighted by Gasteiger charge is 2.33. The molecule has 4 rings (SSSR count). The molecule has 2 heterocycles. The molecule has 2 fully saturated rings. The molecule has 0 saturated carbocycles.